The SMILES string of the molecule is NC(C(=O)O)c1ccc(C(=O)O)c2[nH]ccc12. The third-order valence-electron chi connectivity index (χ3n) is 2.59. The van der Waals surface area contributed by atoms with Crippen molar-refractivity contribution >= 4 is 22.8 Å². The number of carboxylic acid groups (broad SMARTS) is 2. The lowest BCUT2D eigenvalue weighted by molar-refractivity contribution is -0.138. The normalized spacial score (nSPS) is 12.5. The van der Waals surface area contributed by atoms with Crippen molar-refractivity contribution in [2.75, 3.05) is 0 Å². The number of carbonyl (C=O) groups is 2. The lowest BCUT2D eigenvalue weighted by atomic mass is 10.0. The van der Waals surface area contributed by atoms with E-state index in [1.807, 2.05) is 0 Å². The monoisotopic (exact) mass is 234 g/mol. The van der Waals surface area contributed by atoms with E-state index in [4.69, 9.17) is 15.9 Å². The number of aliphatic carboxylic acids is 1. The van der Waals surface area contributed by atoms with Crippen molar-refractivity contribution in [3.8, 4) is 0 Å². The number of carboxylic acids is 2. The standard InChI is InChI=1S/C11H10N2O4/c12-8(11(16)17)5-1-2-7(10(14)15)9-6(5)3-4-13-9/h1-4,8,13H,12H2,(H,14,15)(H,16,17). The molecule has 0 aliphatic carbocycles. The Labute approximate surface area is 95.7 Å². The van der Waals surface area contributed by atoms with Crippen LogP contribution in [0.15, 0.2) is 24.4 Å². The summed E-state index contributed by atoms with van der Waals surface area (Å²) in [6.07, 6.45) is 1.55. The van der Waals surface area contributed by atoms with Gasteiger partial charge in [0, 0.05) is 11.6 Å². The number of aromatic amines is 1. The van der Waals surface area contributed by atoms with Crippen LogP contribution in [0.25, 0.3) is 10.9 Å². The van der Waals surface area contributed by atoms with Gasteiger partial charge < -0.3 is 20.9 Å². The number of hydrogen-bond acceptors (Lipinski definition) is 3. The molecule has 6 heteroatoms. The summed E-state index contributed by atoms with van der Waals surface area (Å²) < 4.78 is 0. The maximum Gasteiger partial charge on any atom is 0.337 e. The lowest BCUT2D eigenvalue weighted by Crippen LogP contribution is -2.21. The van der Waals surface area contributed by atoms with Crippen LogP contribution in [-0.2, 0) is 4.79 Å². The molecule has 1 heterocycles. The molecule has 1 aromatic heterocycles. The molecule has 2 aromatic rings. The van der Waals surface area contributed by atoms with Gasteiger partial charge in [-0.2, -0.15) is 0 Å². The van der Waals surface area contributed by atoms with E-state index in [0.717, 1.165) is 0 Å². The van der Waals surface area contributed by atoms with E-state index >= 15 is 0 Å². The van der Waals surface area contributed by atoms with Gasteiger partial charge in [-0.05, 0) is 17.7 Å². The first-order valence-electron chi connectivity index (χ1n) is 4.84. The number of nitrogens with two attached hydrogens (primary N) is 1. The number of benzene rings is 1. The van der Waals surface area contributed by atoms with Crippen LogP contribution >= 0.6 is 0 Å². The summed E-state index contributed by atoms with van der Waals surface area (Å²) >= 11 is 0. The van der Waals surface area contributed by atoms with E-state index < -0.39 is 18.0 Å². The Morgan fingerprint density at radius 3 is 2.53 bits per heavy atom. The van der Waals surface area contributed by atoms with Gasteiger partial charge in [-0.1, -0.05) is 6.07 Å². The Bertz CT molecular complexity index is 603. The van der Waals surface area contributed by atoms with Crippen LogP contribution in [0.1, 0.15) is 22.0 Å². The summed E-state index contributed by atoms with van der Waals surface area (Å²) in [4.78, 5) is 24.6. The fraction of sp³-hybridized carbons (Fsp3) is 0.0909. The van der Waals surface area contributed by atoms with Crippen LogP contribution < -0.4 is 5.73 Å². The molecule has 0 aliphatic heterocycles. The zero-order valence-electron chi connectivity index (χ0n) is 8.68. The van der Waals surface area contributed by atoms with E-state index in [9.17, 15) is 9.59 Å². The molecule has 0 saturated heterocycles. The summed E-state index contributed by atoms with van der Waals surface area (Å²) in [5.74, 6) is -2.23. The molecular formula is C11H10N2O4. The molecule has 0 radical (unpaired) electrons. The summed E-state index contributed by atoms with van der Waals surface area (Å²) in [7, 11) is 0. The molecule has 0 aliphatic rings. The Morgan fingerprint density at radius 2 is 1.94 bits per heavy atom. The van der Waals surface area contributed by atoms with Crippen LogP contribution in [0.4, 0.5) is 0 Å². The number of nitrogens with one attached hydrogen (secondary N) is 1. The molecule has 5 N–H and O–H groups in total. The lowest BCUT2D eigenvalue weighted by Gasteiger charge is -2.09. The van der Waals surface area contributed by atoms with Gasteiger partial charge in [0.25, 0.3) is 0 Å². The van der Waals surface area contributed by atoms with Crippen LogP contribution in [-0.4, -0.2) is 27.1 Å². The summed E-state index contributed by atoms with van der Waals surface area (Å²) in [6, 6.07) is 3.22. The molecule has 1 aromatic carbocycles. The number of rotatable bonds is 3. The molecule has 0 saturated carbocycles. The highest BCUT2D eigenvalue weighted by Crippen LogP contribution is 2.25. The first-order chi connectivity index (χ1) is 8.02. The second-order valence-corrected chi connectivity index (χ2v) is 3.59. The fourth-order valence-corrected chi connectivity index (χ4v) is 1.76. The summed E-state index contributed by atoms with van der Waals surface area (Å²) in [5.41, 5.74) is 6.39. The third kappa shape index (κ3) is 1.74. The van der Waals surface area contributed by atoms with Gasteiger partial charge in [-0.25, -0.2) is 4.79 Å². The van der Waals surface area contributed by atoms with E-state index in [-0.39, 0.29) is 5.56 Å². The minimum Gasteiger partial charge on any atom is -0.480 e. The molecule has 0 fully saturated rings. The van der Waals surface area contributed by atoms with Crippen molar-refractivity contribution in [3.63, 3.8) is 0 Å². The second kappa shape index (κ2) is 3.91. The fourth-order valence-electron chi connectivity index (χ4n) is 1.76. The van der Waals surface area contributed by atoms with E-state index in [0.29, 0.717) is 16.5 Å². The molecule has 88 valence electrons. The molecule has 0 bridgehead atoms. The average molecular weight is 234 g/mol. The molecule has 17 heavy (non-hydrogen) atoms. The molecule has 0 spiro atoms. The highest BCUT2D eigenvalue weighted by Gasteiger charge is 2.20. The Kier molecular flexibility index (Phi) is 2.57. The number of hydrogen-bond donors (Lipinski definition) is 4. The van der Waals surface area contributed by atoms with Gasteiger partial charge in [-0.3, -0.25) is 4.79 Å². The van der Waals surface area contributed by atoms with Crippen molar-refractivity contribution in [1.82, 2.24) is 4.98 Å². The first-order valence-corrected chi connectivity index (χ1v) is 4.84. The van der Waals surface area contributed by atoms with Crippen LogP contribution in [0, 0.1) is 0 Å². The molecule has 0 amide bonds. The Balaban J connectivity index is 2.69. The molecular weight excluding hydrogens is 224 g/mol. The van der Waals surface area contributed by atoms with E-state index in [1.165, 1.54) is 12.1 Å². The Hall–Kier alpha value is -2.34. The van der Waals surface area contributed by atoms with E-state index in [1.54, 1.807) is 12.3 Å². The van der Waals surface area contributed by atoms with Gasteiger partial charge in [0.1, 0.15) is 6.04 Å². The van der Waals surface area contributed by atoms with Crippen molar-refractivity contribution in [2.24, 2.45) is 5.73 Å². The van der Waals surface area contributed by atoms with Gasteiger partial charge in [0.2, 0.25) is 0 Å². The smallest absolute Gasteiger partial charge is 0.337 e. The minimum atomic E-state index is -1.17. The van der Waals surface area contributed by atoms with Gasteiger partial charge in [-0.15, -0.1) is 0 Å². The first kappa shape index (κ1) is 11.2. The topological polar surface area (TPSA) is 116 Å². The molecule has 1 atom stereocenters. The molecule has 6 nitrogen and oxygen atoms in total. The predicted molar refractivity (Wildman–Crippen MR) is 59.8 cm³/mol. The summed E-state index contributed by atoms with van der Waals surface area (Å²) in [5, 5.41) is 18.3. The third-order valence-corrected chi connectivity index (χ3v) is 2.59. The van der Waals surface area contributed by atoms with E-state index in [2.05, 4.69) is 4.98 Å². The zero-order chi connectivity index (χ0) is 12.6. The molecule has 2 rings (SSSR count). The van der Waals surface area contributed by atoms with Crippen molar-refractivity contribution in [3.05, 3.63) is 35.5 Å². The Morgan fingerprint density at radius 1 is 1.24 bits per heavy atom. The van der Waals surface area contributed by atoms with Crippen molar-refractivity contribution in [1.29, 1.82) is 0 Å². The highest BCUT2D eigenvalue weighted by atomic mass is 16.4. The van der Waals surface area contributed by atoms with Crippen LogP contribution in [0.2, 0.25) is 0 Å². The largest absolute Gasteiger partial charge is 0.480 e. The van der Waals surface area contributed by atoms with Crippen LogP contribution in [0.5, 0.6) is 0 Å². The number of fused-ring (bicyclic) bond motifs is 1. The van der Waals surface area contributed by atoms with Gasteiger partial charge in [0.15, 0.2) is 0 Å². The van der Waals surface area contributed by atoms with Crippen LogP contribution in [0.3, 0.4) is 0 Å². The van der Waals surface area contributed by atoms with Gasteiger partial charge >= 0.3 is 11.9 Å². The highest BCUT2D eigenvalue weighted by molar-refractivity contribution is 6.04. The van der Waals surface area contributed by atoms with Crippen molar-refractivity contribution < 1.29 is 19.8 Å². The maximum absolute atomic E-state index is 11.0. The number of aromatic nitrogens is 1. The van der Waals surface area contributed by atoms with Crippen molar-refractivity contribution in [2.45, 2.75) is 6.04 Å². The number of aromatic carboxylic acids is 1. The maximum atomic E-state index is 11.0. The summed E-state index contributed by atoms with van der Waals surface area (Å²) in [6.45, 7) is 0. The zero-order valence-corrected chi connectivity index (χ0v) is 8.68. The quantitative estimate of drug-likeness (QED) is 0.630. The number of H-pyrrole nitrogens is 1. The second-order valence-electron chi connectivity index (χ2n) is 3.59. The van der Waals surface area contributed by atoms with Gasteiger partial charge in [0.05, 0.1) is 11.1 Å². The molecule has 1 unspecified atom stereocenters. The predicted octanol–water partition coefficient (Wildman–Crippen LogP) is 0.951. The average Bonchev–Trinajstić information content (AvgIpc) is 2.74. The minimum absolute atomic E-state index is 0.0892.